The Morgan fingerprint density at radius 2 is 2.21 bits per heavy atom. The van der Waals surface area contributed by atoms with Gasteiger partial charge in [0.1, 0.15) is 11.9 Å². The molecule has 1 heterocycles. The lowest BCUT2D eigenvalue weighted by molar-refractivity contribution is 1.38. The number of hydrogen-bond acceptors (Lipinski definition) is 3. The average molecular weight is 204 g/mol. The molecule has 14 heavy (non-hydrogen) atoms. The molecule has 4 heteroatoms. The third-order valence-electron chi connectivity index (χ3n) is 1.95. The highest BCUT2D eigenvalue weighted by molar-refractivity contribution is 6.35. The van der Waals surface area contributed by atoms with Crippen molar-refractivity contribution in [3.8, 4) is 6.07 Å². The summed E-state index contributed by atoms with van der Waals surface area (Å²) in [6.45, 7) is 0. The average Bonchev–Trinajstić information content (AvgIpc) is 2.19. The second-order valence-electron chi connectivity index (χ2n) is 2.84. The number of aromatic nitrogens is 1. The first-order valence-electron chi connectivity index (χ1n) is 3.97. The predicted molar refractivity (Wildman–Crippen MR) is 55.9 cm³/mol. The molecule has 0 spiro atoms. The second kappa shape index (κ2) is 3.17. The monoisotopic (exact) mass is 203 g/mol. The molecule has 0 saturated heterocycles. The van der Waals surface area contributed by atoms with Crippen molar-refractivity contribution in [2.45, 2.75) is 0 Å². The third kappa shape index (κ3) is 1.26. The molecule has 0 aliphatic carbocycles. The van der Waals surface area contributed by atoms with E-state index in [9.17, 15) is 0 Å². The van der Waals surface area contributed by atoms with Gasteiger partial charge in [-0.25, -0.2) is 4.98 Å². The summed E-state index contributed by atoms with van der Waals surface area (Å²) in [5.41, 5.74) is 6.58. The van der Waals surface area contributed by atoms with E-state index in [-0.39, 0.29) is 5.82 Å². The van der Waals surface area contributed by atoms with Gasteiger partial charge in [-0.15, -0.1) is 0 Å². The molecule has 0 aliphatic rings. The van der Waals surface area contributed by atoms with E-state index in [1.807, 2.05) is 18.2 Å². The van der Waals surface area contributed by atoms with Gasteiger partial charge >= 0.3 is 0 Å². The Bertz CT molecular complexity index is 543. The van der Waals surface area contributed by atoms with Crippen molar-refractivity contribution in [1.29, 1.82) is 5.26 Å². The summed E-state index contributed by atoms with van der Waals surface area (Å²) in [7, 11) is 0. The van der Waals surface area contributed by atoms with E-state index in [4.69, 9.17) is 22.6 Å². The van der Waals surface area contributed by atoms with E-state index in [2.05, 4.69) is 4.98 Å². The van der Waals surface area contributed by atoms with Crippen LogP contribution in [0.4, 0.5) is 5.82 Å². The van der Waals surface area contributed by atoms with Crippen molar-refractivity contribution in [1.82, 2.24) is 4.98 Å². The molecule has 2 N–H and O–H groups in total. The lowest BCUT2D eigenvalue weighted by Crippen LogP contribution is -1.95. The van der Waals surface area contributed by atoms with Gasteiger partial charge in [-0.3, -0.25) is 0 Å². The third-order valence-corrected chi connectivity index (χ3v) is 2.25. The van der Waals surface area contributed by atoms with E-state index in [1.54, 1.807) is 12.1 Å². The van der Waals surface area contributed by atoms with Gasteiger partial charge in [0.2, 0.25) is 0 Å². The van der Waals surface area contributed by atoms with Crippen molar-refractivity contribution in [3.05, 3.63) is 34.9 Å². The van der Waals surface area contributed by atoms with Crippen LogP contribution in [0.5, 0.6) is 0 Å². The van der Waals surface area contributed by atoms with Gasteiger partial charge in [0.15, 0.2) is 0 Å². The fourth-order valence-electron chi connectivity index (χ4n) is 1.27. The van der Waals surface area contributed by atoms with Crippen molar-refractivity contribution in [2.24, 2.45) is 0 Å². The van der Waals surface area contributed by atoms with Gasteiger partial charge in [-0.1, -0.05) is 23.7 Å². The van der Waals surface area contributed by atoms with E-state index in [0.717, 1.165) is 5.39 Å². The number of anilines is 1. The number of nitrogens with two attached hydrogens (primary N) is 1. The largest absolute Gasteiger partial charge is 0.383 e. The zero-order valence-corrected chi connectivity index (χ0v) is 7.92. The first kappa shape index (κ1) is 8.79. The maximum absolute atomic E-state index is 8.74. The Kier molecular flexibility index (Phi) is 1.99. The summed E-state index contributed by atoms with van der Waals surface area (Å²) in [5, 5.41) is 10.1. The molecule has 3 nitrogen and oxygen atoms in total. The molecule has 2 rings (SSSR count). The van der Waals surface area contributed by atoms with Crippen LogP contribution in [0, 0.1) is 11.3 Å². The minimum Gasteiger partial charge on any atom is -0.383 e. The van der Waals surface area contributed by atoms with Crippen molar-refractivity contribution >= 4 is 28.3 Å². The van der Waals surface area contributed by atoms with Crippen LogP contribution in [0.1, 0.15) is 5.56 Å². The summed E-state index contributed by atoms with van der Waals surface area (Å²) in [4.78, 5) is 4.07. The smallest absolute Gasteiger partial charge is 0.142 e. The molecule has 0 radical (unpaired) electrons. The quantitative estimate of drug-likeness (QED) is 0.715. The summed E-state index contributed by atoms with van der Waals surface area (Å²) < 4.78 is 0. The number of nitrogen functional groups attached to an aromatic ring is 1. The molecule has 0 unspecified atom stereocenters. The molecule has 1 aromatic heterocycles. The molecule has 0 aliphatic heterocycles. The van der Waals surface area contributed by atoms with Gasteiger partial charge in [0, 0.05) is 5.39 Å². The minimum atomic E-state index is 0.216. The topological polar surface area (TPSA) is 62.7 Å². The van der Waals surface area contributed by atoms with E-state index in [0.29, 0.717) is 16.1 Å². The number of rotatable bonds is 0. The molecule has 0 bridgehead atoms. The predicted octanol–water partition coefficient (Wildman–Crippen LogP) is 2.34. The van der Waals surface area contributed by atoms with Gasteiger partial charge in [0.25, 0.3) is 0 Å². The fraction of sp³-hybridized carbons (Fsp3) is 0. The SMILES string of the molecule is N#Cc1cc2cccc(Cl)c2nc1N. The van der Waals surface area contributed by atoms with Crippen molar-refractivity contribution < 1.29 is 0 Å². The molecule has 68 valence electrons. The standard InChI is InChI=1S/C10H6ClN3/c11-8-3-1-2-6-4-7(5-12)10(13)14-9(6)8/h1-4H,(H2,13,14). The Morgan fingerprint density at radius 1 is 1.43 bits per heavy atom. The number of pyridine rings is 1. The fourth-order valence-corrected chi connectivity index (χ4v) is 1.49. The van der Waals surface area contributed by atoms with Crippen LogP contribution in [-0.4, -0.2) is 4.98 Å². The van der Waals surface area contributed by atoms with Crippen LogP contribution < -0.4 is 5.73 Å². The lowest BCUT2D eigenvalue weighted by Gasteiger charge is -2.02. The van der Waals surface area contributed by atoms with E-state index < -0.39 is 0 Å². The number of nitriles is 1. The van der Waals surface area contributed by atoms with Gasteiger partial charge in [0.05, 0.1) is 16.1 Å². The number of hydrogen-bond donors (Lipinski definition) is 1. The van der Waals surface area contributed by atoms with Crippen molar-refractivity contribution in [2.75, 3.05) is 5.73 Å². The zero-order chi connectivity index (χ0) is 10.1. The minimum absolute atomic E-state index is 0.216. The first-order chi connectivity index (χ1) is 6.72. The van der Waals surface area contributed by atoms with Crippen LogP contribution in [0.3, 0.4) is 0 Å². The van der Waals surface area contributed by atoms with E-state index >= 15 is 0 Å². The molecular formula is C10H6ClN3. The number of nitrogens with zero attached hydrogens (tertiary/aromatic N) is 2. The zero-order valence-electron chi connectivity index (χ0n) is 7.16. The highest BCUT2D eigenvalue weighted by Crippen LogP contribution is 2.24. The van der Waals surface area contributed by atoms with Crippen LogP contribution in [0.2, 0.25) is 5.02 Å². The molecule has 0 fully saturated rings. The summed E-state index contributed by atoms with van der Waals surface area (Å²) >= 11 is 5.92. The second-order valence-corrected chi connectivity index (χ2v) is 3.25. The molecular weight excluding hydrogens is 198 g/mol. The van der Waals surface area contributed by atoms with E-state index in [1.165, 1.54) is 0 Å². The Hall–Kier alpha value is -1.79. The van der Waals surface area contributed by atoms with Crippen LogP contribution in [0.25, 0.3) is 10.9 Å². The summed E-state index contributed by atoms with van der Waals surface area (Å²) in [6.07, 6.45) is 0. The Morgan fingerprint density at radius 3 is 2.93 bits per heavy atom. The molecule has 2 aromatic rings. The number of para-hydroxylation sites is 1. The number of halogens is 1. The molecule has 0 amide bonds. The normalized spacial score (nSPS) is 10.0. The summed E-state index contributed by atoms with van der Waals surface area (Å²) in [5.74, 6) is 0.216. The lowest BCUT2D eigenvalue weighted by atomic mass is 10.1. The molecule has 0 saturated carbocycles. The Labute approximate surface area is 85.7 Å². The van der Waals surface area contributed by atoms with Gasteiger partial charge in [-0.2, -0.15) is 5.26 Å². The molecule has 0 atom stereocenters. The maximum atomic E-state index is 8.74. The van der Waals surface area contributed by atoms with Crippen LogP contribution >= 0.6 is 11.6 Å². The van der Waals surface area contributed by atoms with Gasteiger partial charge in [-0.05, 0) is 12.1 Å². The highest BCUT2D eigenvalue weighted by atomic mass is 35.5. The van der Waals surface area contributed by atoms with Gasteiger partial charge < -0.3 is 5.73 Å². The molecule has 1 aromatic carbocycles. The first-order valence-corrected chi connectivity index (χ1v) is 4.35. The highest BCUT2D eigenvalue weighted by Gasteiger charge is 2.05. The number of benzene rings is 1. The summed E-state index contributed by atoms with van der Waals surface area (Å²) in [6, 6.07) is 9.05. The Balaban J connectivity index is 2.88. The van der Waals surface area contributed by atoms with Crippen LogP contribution in [-0.2, 0) is 0 Å². The maximum Gasteiger partial charge on any atom is 0.142 e. The van der Waals surface area contributed by atoms with Crippen molar-refractivity contribution in [3.63, 3.8) is 0 Å². The van der Waals surface area contributed by atoms with Crippen LogP contribution in [0.15, 0.2) is 24.3 Å². The number of fused-ring (bicyclic) bond motifs is 1.